The van der Waals surface area contributed by atoms with Gasteiger partial charge in [-0.25, -0.2) is 0 Å². The third-order valence-electron chi connectivity index (χ3n) is 16.5. The molecule has 0 radical (unpaired) electrons. The highest BCUT2D eigenvalue weighted by Gasteiger charge is 2.56. The van der Waals surface area contributed by atoms with Crippen LogP contribution in [-0.2, 0) is 63.2 Å². The lowest BCUT2D eigenvalue weighted by atomic mass is 9.55. The van der Waals surface area contributed by atoms with Crippen LogP contribution in [0.4, 0.5) is 0 Å². The predicted molar refractivity (Wildman–Crippen MR) is 280 cm³/mol. The molecule has 6 aliphatic rings. The number of carbonyl (C=O) groups is 4. The summed E-state index contributed by atoms with van der Waals surface area (Å²) >= 11 is 0. The zero-order valence-electron chi connectivity index (χ0n) is 45.1. The van der Waals surface area contributed by atoms with Crippen LogP contribution < -0.4 is 17.8 Å². The Balaban J connectivity index is 0.000000242. The molecule has 6 aliphatic carbocycles. The molecule has 2 aromatic rings. The molecular weight excluding hydrogens is 1040 g/mol. The van der Waals surface area contributed by atoms with Gasteiger partial charge in [-0.1, -0.05) is 55.4 Å². The molecule has 0 amide bonds. The van der Waals surface area contributed by atoms with Crippen molar-refractivity contribution in [2.24, 2.45) is 34.5 Å². The van der Waals surface area contributed by atoms with Crippen molar-refractivity contribution in [3.63, 3.8) is 0 Å². The van der Waals surface area contributed by atoms with Crippen molar-refractivity contribution in [2.75, 3.05) is 39.3 Å². The second-order valence-electron chi connectivity index (χ2n) is 20.6. The number of hydrogen-bond acceptors (Lipinski definition) is 16. The fourth-order valence-electron chi connectivity index (χ4n) is 13.0. The lowest BCUT2D eigenvalue weighted by Crippen LogP contribution is -2.42. The maximum atomic E-state index is 12.5. The second-order valence-corrected chi connectivity index (χ2v) is 23.5. The van der Waals surface area contributed by atoms with Crippen molar-refractivity contribution in [3.05, 3.63) is 46.5 Å². The largest absolute Gasteiger partial charge is 0.446 e. The zero-order chi connectivity index (χ0) is 56.4. The molecule has 8 atom stereocenters. The summed E-state index contributed by atoms with van der Waals surface area (Å²) in [6.45, 7) is 27.0. The molecule has 0 spiro atoms. The van der Waals surface area contributed by atoms with Gasteiger partial charge in [0.15, 0.2) is 0 Å². The highest BCUT2D eigenvalue weighted by molar-refractivity contribution is 7.81. The molecule has 0 saturated heterocycles. The van der Waals surface area contributed by atoms with Crippen LogP contribution >= 0.6 is 0 Å². The molecule has 3 unspecified atom stereocenters. The standard InChI is InChI=1S/2C20H24O7S.2C6H15N.H2O4S/c2*1-11(21)26-17-10-13(27-28(23,24)25)9-12-3-4-14-15(19(12)17)7-8-20(2)16(14)5-6-18(20)22;2*1-4-7(5-2)6-3;1-5(2,3)4/h2*9-10,14-16H,3-8H2,1-2H3,(H,23,24,25);2*4-6H2,1-3H3;(H2,1,2,3,4)/t14?,15?,16?,20-;14-,15+,16+,20+;;;/m01.../s1. The molecule has 4 fully saturated rings. The van der Waals surface area contributed by atoms with Gasteiger partial charge < -0.3 is 27.6 Å². The van der Waals surface area contributed by atoms with Gasteiger partial charge in [-0.05, 0) is 162 Å². The number of hydrogen-bond donors (Lipinski definition) is 4. The Kier molecular flexibility index (Phi) is 22.4. The van der Waals surface area contributed by atoms with Crippen LogP contribution in [0.3, 0.4) is 0 Å². The molecule has 0 heterocycles. The van der Waals surface area contributed by atoms with E-state index in [9.17, 15) is 36.0 Å². The van der Waals surface area contributed by atoms with Gasteiger partial charge in [0, 0.05) is 60.8 Å². The van der Waals surface area contributed by atoms with Crippen LogP contribution in [0.15, 0.2) is 24.3 Å². The number of carbonyl (C=O) groups excluding carboxylic acids is 4. The van der Waals surface area contributed by atoms with Gasteiger partial charge in [-0.3, -0.25) is 37.4 Å². The van der Waals surface area contributed by atoms with Crippen molar-refractivity contribution in [1.82, 2.24) is 9.80 Å². The molecule has 0 bridgehead atoms. The quantitative estimate of drug-likeness (QED) is 0.0879. The molecular formula is C52H80N2O18S3. The van der Waals surface area contributed by atoms with Crippen LogP contribution in [0.2, 0.25) is 0 Å². The third-order valence-corrected chi connectivity index (χ3v) is 17.3. The number of benzene rings is 2. The maximum Gasteiger partial charge on any atom is 0.446 e. The van der Waals surface area contributed by atoms with E-state index in [1.807, 2.05) is 0 Å². The Morgan fingerprint density at radius 3 is 1.09 bits per heavy atom. The lowest BCUT2D eigenvalue weighted by Gasteiger charge is -2.48. The van der Waals surface area contributed by atoms with Gasteiger partial charge in [0.1, 0.15) is 34.6 Å². The first kappa shape index (κ1) is 63.5. The summed E-state index contributed by atoms with van der Waals surface area (Å²) in [4.78, 5) is 53.0. The first-order valence-corrected chi connectivity index (χ1v) is 30.2. The minimum Gasteiger partial charge on any atom is -0.426 e. The maximum absolute atomic E-state index is 12.5. The molecule has 0 aliphatic heterocycles. The van der Waals surface area contributed by atoms with E-state index < -0.39 is 43.1 Å². The topological polar surface area (TPSA) is 295 Å². The summed E-state index contributed by atoms with van der Waals surface area (Å²) in [5.74, 6) is 1.74. The van der Waals surface area contributed by atoms with Gasteiger partial charge in [-0.2, -0.15) is 25.3 Å². The number of rotatable bonds is 12. The zero-order valence-corrected chi connectivity index (χ0v) is 47.6. The first-order valence-electron chi connectivity index (χ1n) is 26.1. The predicted octanol–water partition coefficient (Wildman–Crippen LogP) is 8.48. The van der Waals surface area contributed by atoms with Crippen molar-refractivity contribution >= 4 is 54.7 Å². The normalized spacial score (nSPS) is 26.2. The van der Waals surface area contributed by atoms with E-state index in [-0.39, 0.29) is 45.7 Å². The molecule has 23 heteroatoms. The van der Waals surface area contributed by atoms with Crippen molar-refractivity contribution in [1.29, 1.82) is 0 Å². The monoisotopic (exact) mass is 1120 g/mol. The number of ether oxygens (including phenoxy) is 2. The van der Waals surface area contributed by atoms with Gasteiger partial charge in [0.05, 0.1) is 0 Å². The Morgan fingerprint density at radius 1 is 0.533 bits per heavy atom. The number of esters is 2. The fourth-order valence-corrected chi connectivity index (χ4v) is 13.7. The van der Waals surface area contributed by atoms with Crippen molar-refractivity contribution in [2.45, 2.75) is 158 Å². The summed E-state index contributed by atoms with van der Waals surface area (Å²) in [5.41, 5.74) is 3.05. The van der Waals surface area contributed by atoms with E-state index in [0.29, 0.717) is 60.9 Å². The third kappa shape index (κ3) is 17.0. The SMILES string of the molecule is CC(=O)Oc1cc(OS(=O)(=O)O)cc2c1C1CC[C@]3(C)C(=O)CCC3C1CC2.CC(=O)Oc1cc(OS(=O)(=O)O)cc2c1[C@H]1CC[C@]3(C)C(=O)CC[C@H]3[C@@H]1CC2.CCN(CC)CC.CCN(CC)CC.O=S(=O)(O)O. The molecule has 0 aromatic heterocycles. The number of fused-ring (bicyclic) bond motifs is 10. The van der Waals surface area contributed by atoms with E-state index in [0.717, 1.165) is 73.6 Å². The minimum atomic E-state index is -4.68. The number of Topliss-reactive ketones (excluding diaryl/α,β-unsaturated/α-hetero) is 2. The van der Waals surface area contributed by atoms with E-state index in [2.05, 4.69) is 73.6 Å². The Labute approximate surface area is 444 Å². The second kappa shape index (κ2) is 26.5. The van der Waals surface area contributed by atoms with Gasteiger partial charge in [0.2, 0.25) is 0 Å². The molecule has 75 heavy (non-hydrogen) atoms. The minimum absolute atomic E-state index is 0.0763. The summed E-state index contributed by atoms with van der Waals surface area (Å²) < 4.78 is 114. The number of aryl methyl sites for hydroxylation is 2. The Morgan fingerprint density at radius 2 is 0.840 bits per heavy atom. The first-order chi connectivity index (χ1) is 34.9. The average molecular weight is 1120 g/mol. The highest BCUT2D eigenvalue weighted by Crippen LogP contribution is 2.62. The van der Waals surface area contributed by atoms with Crippen molar-refractivity contribution < 1.29 is 80.5 Å². The van der Waals surface area contributed by atoms with Crippen LogP contribution in [0.25, 0.3) is 0 Å². The van der Waals surface area contributed by atoms with E-state index in [1.54, 1.807) is 12.1 Å². The molecule has 4 saturated carbocycles. The summed E-state index contributed by atoms with van der Waals surface area (Å²) in [7, 11) is -14.0. The van der Waals surface area contributed by atoms with Crippen LogP contribution in [0.1, 0.15) is 168 Å². The van der Waals surface area contributed by atoms with Gasteiger partial charge in [0.25, 0.3) is 0 Å². The molecule has 424 valence electrons. The smallest absolute Gasteiger partial charge is 0.426 e. The highest BCUT2D eigenvalue weighted by atomic mass is 32.3. The molecule has 2 aromatic carbocycles. The van der Waals surface area contributed by atoms with Gasteiger partial charge >= 0.3 is 43.1 Å². The van der Waals surface area contributed by atoms with Crippen molar-refractivity contribution in [3.8, 4) is 23.0 Å². The van der Waals surface area contributed by atoms with E-state index in [1.165, 1.54) is 65.2 Å². The van der Waals surface area contributed by atoms with Crippen LogP contribution in [0, 0.1) is 34.5 Å². The van der Waals surface area contributed by atoms with Gasteiger partial charge in [-0.15, -0.1) is 0 Å². The van der Waals surface area contributed by atoms with Crippen LogP contribution in [0.5, 0.6) is 23.0 Å². The average Bonchev–Trinajstić information content (AvgIpc) is 3.78. The molecule has 8 rings (SSSR count). The summed E-state index contributed by atoms with van der Waals surface area (Å²) in [6, 6.07) is 5.90. The number of nitrogens with zero attached hydrogens (tertiary/aromatic N) is 2. The summed E-state index contributed by atoms with van der Waals surface area (Å²) in [6.07, 6.45) is 9.45. The van der Waals surface area contributed by atoms with Crippen LogP contribution in [-0.4, -0.2) is 116 Å². The number of ketones is 2. The molecule has 20 nitrogen and oxygen atoms in total. The van der Waals surface area contributed by atoms with E-state index in [4.69, 9.17) is 36.1 Å². The Hall–Kier alpha value is -4.07. The summed E-state index contributed by atoms with van der Waals surface area (Å²) in [5, 5.41) is 0. The van der Waals surface area contributed by atoms with E-state index >= 15 is 0 Å². The lowest BCUT2D eigenvalue weighted by molar-refractivity contribution is -0.133. The molecule has 4 N–H and O–H groups in total. The Bertz CT molecular complexity index is 2500. The fraction of sp³-hybridized carbons (Fsp3) is 0.692.